The number of carbonyl (C=O) groups is 2. The van der Waals surface area contributed by atoms with Crippen molar-refractivity contribution in [1.82, 2.24) is 10.2 Å². The first-order chi connectivity index (χ1) is 8.50. The number of hydrogen-bond acceptors (Lipinski definition) is 2. The van der Waals surface area contributed by atoms with E-state index in [1.807, 2.05) is 11.8 Å². The highest BCUT2D eigenvalue weighted by Gasteiger charge is 2.39. The molecule has 1 heterocycles. The molecule has 4 nitrogen and oxygen atoms in total. The van der Waals surface area contributed by atoms with E-state index in [1.165, 1.54) is 12.8 Å². The first-order valence-electron chi connectivity index (χ1n) is 7.13. The molecule has 0 aromatic heterocycles. The molecule has 2 aliphatic rings. The number of nitrogens with one attached hydrogen (secondary N) is 1. The maximum Gasteiger partial charge on any atom is 0.245 e. The smallest absolute Gasteiger partial charge is 0.245 e. The highest BCUT2D eigenvalue weighted by molar-refractivity contribution is 5.96. The van der Waals surface area contributed by atoms with Gasteiger partial charge in [0.2, 0.25) is 11.8 Å². The van der Waals surface area contributed by atoms with Crippen molar-refractivity contribution in [2.75, 3.05) is 0 Å². The molecule has 0 bridgehead atoms. The molecule has 4 atom stereocenters. The monoisotopic (exact) mass is 252 g/mol. The zero-order chi connectivity index (χ0) is 13.3. The van der Waals surface area contributed by atoms with E-state index in [0.29, 0.717) is 0 Å². The van der Waals surface area contributed by atoms with Crippen LogP contribution in [0.4, 0.5) is 0 Å². The molecule has 2 amide bonds. The lowest BCUT2D eigenvalue weighted by molar-refractivity contribution is -0.151. The normalized spacial score (nSPS) is 38.3. The van der Waals surface area contributed by atoms with Gasteiger partial charge < -0.3 is 10.2 Å². The molecule has 4 heteroatoms. The van der Waals surface area contributed by atoms with Crippen molar-refractivity contribution in [1.29, 1.82) is 0 Å². The van der Waals surface area contributed by atoms with Crippen LogP contribution in [0.25, 0.3) is 0 Å². The Bertz CT molecular complexity index is 343. The number of hydrogen-bond donors (Lipinski definition) is 1. The second-order valence-electron chi connectivity index (χ2n) is 5.92. The van der Waals surface area contributed by atoms with E-state index in [-0.39, 0.29) is 29.9 Å². The van der Waals surface area contributed by atoms with Gasteiger partial charge in [-0.1, -0.05) is 19.8 Å². The van der Waals surface area contributed by atoms with Gasteiger partial charge in [0.1, 0.15) is 12.1 Å². The standard InChI is InChI=1S/C14H24N2O2/c1-9-5-4-6-12(8-7-9)16-11(3)13(17)15-10(2)14(16)18/h9-12H,4-8H2,1-3H3,(H,15,17). The number of rotatable bonds is 1. The predicted molar refractivity (Wildman–Crippen MR) is 69.9 cm³/mol. The molecule has 1 aliphatic carbocycles. The molecule has 1 N–H and O–H groups in total. The van der Waals surface area contributed by atoms with Gasteiger partial charge in [-0.15, -0.1) is 0 Å². The summed E-state index contributed by atoms with van der Waals surface area (Å²) in [5, 5.41) is 2.74. The van der Waals surface area contributed by atoms with Crippen LogP contribution in [0.2, 0.25) is 0 Å². The van der Waals surface area contributed by atoms with E-state index in [9.17, 15) is 9.59 Å². The first kappa shape index (κ1) is 13.4. The van der Waals surface area contributed by atoms with Gasteiger partial charge >= 0.3 is 0 Å². The third-order valence-corrected chi connectivity index (χ3v) is 4.40. The number of amides is 2. The minimum absolute atomic E-state index is 0.0144. The van der Waals surface area contributed by atoms with Crippen molar-refractivity contribution in [3.05, 3.63) is 0 Å². The molecule has 1 saturated heterocycles. The number of nitrogens with zero attached hydrogens (tertiary/aromatic N) is 1. The van der Waals surface area contributed by atoms with E-state index in [4.69, 9.17) is 0 Å². The zero-order valence-electron chi connectivity index (χ0n) is 11.6. The van der Waals surface area contributed by atoms with Gasteiger partial charge in [0.15, 0.2) is 0 Å². The largest absolute Gasteiger partial charge is 0.343 e. The molecule has 4 unspecified atom stereocenters. The Hall–Kier alpha value is -1.06. The molecule has 1 saturated carbocycles. The van der Waals surface area contributed by atoms with E-state index in [1.54, 1.807) is 6.92 Å². The lowest BCUT2D eigenvalue weighted by Crippen LogP contribution is -2.64. The minimum atomic E-state index is -0.366. The first-order valence-corrected chi connectivity index (χ1v) is 7.13. The fourth-order valence-electron chi connectivity index (χ4n) is 3.18. The highest BCUT2D eigenvalue weighted by Crippen LogP contribution is 2.28. The van der Waals surface area contributed by atoms with Crippen molar-refractivity contribution >= 4 is 11.8 Å². The Morgan fingerprint density at radius 3 is 2.50 bits per heavy atom. The van der Waals surface area contributed by atoms with E-state index in [0.717, 1.165) is 25.2 Å². The molecule has 0 radical (unpaired) electrons. The summed E-state index contributed by atoms with van der Waals surface area (Å²) in [7, 11) is 0. The Kier molecular flexibility index (Phi) is 3.93. The van der Waals surface area contributed by atoms with Gasteiger partial charge in [-0.3, -0.25) is 9.59 Å². The summed E-state index contributed by atoms with van der Waals surface area (Å²) in [6, 6.07) is -0.424. The van der Waals surface area contributed by atoms with Crippen LogP contribution in [-0.2, 0) is 9.59 Å². The maximum atomic E-state index is 12.3. The fourth-order valence-corrected chi connectivity index (χ4v) is 3.18. The third kappa shape index (κ3) is 2.52. The van der Waals surface area contributed by atoms with Gasteiger partial charge in [-0.2, -0.15) is 0 Å². The Morgan fingerprint density at radius 2 is 1.78 bits per heavy atom. The molecule has 0 aromatic rings. The number of piperazine rings is 1. The summed E-state index contributed by atoms with van der Waals surface area (Å²) in [5.41, 5.74) is 0. The van der Waals surface area contributed by atoms with Crippen LogP contribution in [0.5, 0.6) is 0 Å². The van der Waals surface area contributed by atoms with Crippen LogP contribution in [0, 0.1) is 5.92 Å². The molecule has 18 heavy (non-hydrogen) atoms. The minimum Gasteiger partial charge on any atom is -0.343 e. The summed E-state index contributed by atoms with van der Waals surface area (Å²) in [4.78, 5) is 26.0. The molecular weight excluding hydrogens is 228 g/mol. The molecule has 1 aliphatic heterocycles. The Morgan fingerprint density at radius 1 is 1.06 bits per heavy atom. The van der Waals surface area contributed by atoms with Crippen molar-refractivity contribution < 1.29 is 9.59 Å². The van der Waals surface area contributed by atoms with Crippen molar-refractivity contribution in [3.63, 3.8) is 0 Å². The SMILES string of the molecule is CC1CCCC(N2C(=O)C(C)NC(=O)C2C)CC1. The van der Waals surface area contributed by atoms with Gasteiger partial charge in [0.05, 0.1) is 0 Å². The summed E-state index contributed by atoms with van der Waals surface area (Å²) < 4.78 is 0. The van der Waals surface area contributed by atoms with Crippen LogP contribution in [0.15, 0.2) is 0 Å². The molecule has 0 spiro atoms. The van der Waals surface area contributed by atoms with Crippen molar-refractivity contribution in [2.45, 2.75) is 71.0 Å². The van der Waals surface area contributed by atoms with E-state index < -0.39 is 0 Å². The van der Waals surface area contributed by atoms with Gasteiger partial charge in [-0.25, -0.2) is 0 Å². The van der Waals surface area contributed by atoms with Gasteiger partial charge in [0, 0.05) is 6.04 Å². The van der Waals surface area contributed by atoms with Crippen LogP contribution >= 0.6 is 0 Å². The molecule has 2 rings (SSSR count). The average molecular weight is 252 g/mol. The Labute approximate surface area is 109 Å². The third-order valence-electron chi connectivity index (χ3n) is 4.40. The Balaban J connectivity index is 2.13. The quantitative estimate of drug-likeness (QED) is 0.722. The van der Waals surface area contributed by atoms with E-state index >= 15 is 0 Å². The highest BCUT2D eigenvalue weighted by atomic mass is 16.2. The molecular formula is C14H24N2O2. The van der Waals surface area contributed by atoms with Crippen LogP contribution < -0.4 is 5.32 Å². The van der Waals surface area contributed by atoms with Crippen molar-refractivity contribution in [3.8, 4) is 0 Å². The lowest BCUT2D eigenvalue weighted by Gasteiger charge is -2.41. The van der Waals surface area contributed by atoms with Crippen LogP contribution in [-0.4, -0.2) is 34.8 Å². The fraction of sp³-hybridized carbons (Fsp3) is 0.857. The molecule has 102 valence electrons. The van der Waals surface area contributed by atoms with Crippen molar-refractivity contribution in [2.24, 2.45) is 5.92 Å². The van der Waals surface area contributed by atoms with Gasteiger partial charge in [0.25, 0.3) is 0 Å². The topological polar surface area (TPSA) is 49.4 Å². The van der Waals surface area contributed by atoms with Gasteiger partial charge in [-0.05, 0) is 39.0 Å². The average Bonchev–Trinajstić information content (AvgIpc) is 2.53. The number of carbonyl (C=O) groups excluding carboxylic acids is 2. The molecule has 0 aromatic carbocycles. The molecule has 2 fully saturated rings. The second kappa shape index (κ2) is 5.29. The van der Waals surface area contributed by atoms with Crippen LogP contribution in [0.1, 0.15) is 52.9 Å². The lowest BCUT2D eigenvalue weighted by atomic mass is 9.99. The summed E-state index contributed by atoms with van der Waals surface area (Å²) in [5.74, 6) is 0.817. The maximum absolute atomic E-state index is 12.3. The summed E-state index contributed by atoms with van der Waals surface area (Å²) in [6.07, 6.45) is 5.65. The van der Waals surface area contributed by atoms with Crippen LogP contribution in [0.3, 0.4) is 0 Å². The zero-order valence-corrected chi connectivity index (χ0v) is 11.6. The second-order valence-corrected chi connectivity index (χ2v) is 5.92. The van der Waals surface area contributed by atoms with E-state index in [2.05, 4.69) is 12.2 Å². The summed E-state index contributed by atoms with van der Waals surface area (Å²) in [6.45, 7) is 5.89. The predicted octanol–water partition coefficient (Wildman–Crippen LogP) is 1.69. The summed E-state index contributed by atoms with van der Waals surface area (Å²) >= 11 is 0.